The van der Waals surface area contributed by atoms with Crippen molar-refractivity contribution in [3.8, 4) is 11.6 Å². The Hall–Kier alpha value is -1.03. The van der Waals surface area contributed by atoms with Gasteiger partial charge in [-0.15, -0.1) is 0 Å². The van der Waals surface area contributed by atoms with Gasteiger partial charge in [-0.3, -0.25) is 0 Å². The summed E-state index contributed by atoms with van der Waals surface area (Å²) in [6.07, 6.45) is 8.73. The molecule has 1 rings (SSSR count). The predicted octanol–water partition coefficient (Wildman–Crippen LogP) is 3.88. The number of rotatable bonds is 9. The van der Waals surface area contributed by atoms with Gasteiger partial charge in [0.15, 0.2) is 5.15 Å². The summed E-state index contributed by atoms with van der Waals surface area (Å²) >= 11 is 5.87. The summed E-state index contributed by atoms with van der Waals surface area (Å²) < 4.78 is 10.7. The van der Waals surface area contributed by atoms with Crippen molar-refractivity contribution < 1.29 is 9.47 Å². The molecule has 0 aliphatic carbocycles. The Morgan fingerprint density at radius 1 is 1.11 bits per heavy atom. The van der Waals surface area contributed by atoms with Crippen molar-refractivity contribution in [2.24, 2.45) is 0 Å². The molecule has 0 fully saturated rings. The number of hydrogen-bond acceptors (Lipinski definition) is 4. The van der Waals surface area contributed by atoms with Crippen LogP contribution in [0.5, 0.6) is 11.6 Å². The SMILES string of the molecule is CCCCCCCCOc1ncnc(Cl)c1OC. The number of aromatic nitrogens is 2. The molecule has 0 amide bonds. The first kappa shape index (κ1) is 15.0. The molecule has 0 aliphatic heterocycles. The molecule has 0 saturated heterocycles. The fraction of sp³-hybridized carbons (Fsp3) is 0.692. The van der Waals surface area contributed by atoms with Crippen LogP contribution in [0.2, 0.25) is 5.15 Å². The largest absolute Gasteiger partial charge is 0.489 e. The molecule has 0 unspecified atom stereocenters. The molecule has 1 heterocycles. The van der Waals surface area contributed by atoms with Gasteiger partial charge in [-0.1, -0.05) is 50.6 Å². The van der Waals surface area contributed by atoms with Crippen LogP contribution in [0.25, 0.3) is 0 Å². The minimum Gasteiger partial charge on any atom is -0.489 e. The van der Waals surface area contributed by atoms with Gasteiger partial charge >= 0.3 is 0 Å². The summed E-state index contributed by atoms with van der Waals surface area (Å²) in [5.41, 5.74) is 0. The van der Waals surface area contributed by atoms with Crippen LogP contribution in [0.1, 0.15) is 45.4 Å². The molecule has 0 spiro atoms. The Bertz CT molecular complexity index is 348. The van der Waals surface area contributed by atoms with Gasteiger partial charge in [-0.2, -0.15) is 4.98 Å². The summed E-state index contributed by atoms with van der Waals surface area (Å²) in [7, 11) is 1.53. The number of methoxy groups -OCH3 is 1. The van der Waals surface area contributed by atoms with E-state index in [0.717, 1.165) is 6.42 Å². The van der Waals surface area contributed by atoms with Crippen molar-refractivity contribution in [3.63, 3.8) is 0 Å². The maximum absolute atomic E-state index is 5.87. The third-order valence-electron chi connectivity index (χ3n) is 2.67. The lowest BCUT2D eigenvalue weighted by molar-refractivity contribution is 0.272. The second-order valence-electron chi connectivity index (χ2n) is 4.12. The van der Waals surface area contributed by atoms with Crippen molar-refractivity contribution in [3.05, 3.63) is 11.5 Å². The summed E-state index contributed by atoms with van der Waals surface area (Å²) in [6.45, 7) is 2.85. The van der Waals surface area contributed by atoms with E-state index in [1.807, 2.05) is 0 Å². The quantitative estimate of drug-likeness (QED) is 0.505. The zero-order valence-electron chi connectivity index (χ0n) is 11.1. The molecule has 0 saturated carbocycles. The maximum Gasteiger partial charge on any atom is 0.261 e. The van der Waals surface area contributed by atoms with Gasteiger partial charge in [-0.25, -0.2) is 4.98 Å². The van der Waals surface area contributed by atoms with Crippen LogP contribution >= 0.6 is 11.6 Å². The normalized spacial score (nSPS) is 10.4. The van der Waals surface area contributed by atoms with Crippen LogP contribution in [-0.4, -0.2) is 23.7 Å². The Morgan fingerprint density at radius 3 is 2.56 bits per heavy atom. The van der Waals surface area contributed by atoms with E-state index < -0.39 is 0 Å². The van der Waals surface area contributed by atoms with Crippen molar-refractivity contribution in [2.45, 2.75) is 45.4 Å². The van der Waals surface area contributed by atoms with Crippen LogP contribution in [0.3, 0.4) is 0 Å². The van der Waals surface area contributed by atoms with E-state index in [1.54, 1.807) is 0 Å². The monoisotopic (exact) mass is 272 g/mol. The van der Waals surface area contributed by atoms with E-state index in [1.165, 1.54) is 45.5 Å². The predicted molar refractivity (Wildman–Crippen MR) is 72.5 cm³/mol. The highest BCUT2D eigenvalue weighted by molar-refractivity contribution is 6.31. The number of hydrogen-bond donors (Lipinski definition) is 0. The minimum atomic E-state index is 0.283. The highest BCUT2D eigenvalue weighted by Crippen LogP contribution is 2.30. The number of ether oxygens (including phenoxy) is 2. The minimum absolute atomic E-state index is 0.283. The molecule has 0 aliphatic rings. The summed E-state index contributed by atoms with van der Waals surface area (Å²) in [4.78, 5) is 7.85. The molecule has 0 radical (unpaired) electrons. The molecule has 1 aromatic heterocycles. The Labute approximate surface area is 114 Å². The van der Waals surface area contributed by atoms with Gasteiger partial charge in [0.05, 0.1) is 13.7 Å². The fourth-order valence-corrected chi connectivity index (χ4v) is 1.86. The maximum atomic E-state index is 5.87. The van der Waals surface area contributed by atoms with E-state index in [4.69, 9.17) is 21.1 Å². The van der Waals surface area contributed by atoms with Gasteiger partial charge in [0.2, 0.25) is 5.75 Å². The second kappa shape index (κ2) is 8.97. The summed E-state index contributed by atoms with van der Waals surface area (Å²) in [5.74, 6) is 0.830. The van der Waals surface area contributed by atoms with Crippen molar-refractivity contribution in [1.82, 2.24) is 9.97 Å². The zero-order chi connectivity index (χ0) is 13.2. The third kappa shape index (κ3) is 5.08. The van der Waals surface area contributed by atoms with E-state index in [2.05, 4.69) is 16.9 Å². The fourth-order valence-electron chi connectivity index (χ4n) is 1.66. The highest BCUT2D eigenvalue weighted by Gasteiger charge is 2.10. The molecule has 5 heteroatoms. The average Bonchev–Trinajstić information content (AvgIpc) is 2.38. The lowest BCUT2D eigenvalue weighted by atomic mass is 10.1. The first-order chi connectivity index (χ1) is 8.79. The molecule has 102 valence electrons. The van der Waals surface area contributed by atoms with Crippen molar-refractivity contribution >= 4 is 11.6 Å². The average molecular weight is 273 g/mol. The van der Waals surface area contributed by atoms with Gasteiger partial charge in [0, 0.05) is 0 Å². The van der Waals surface area contributed by atoms with E-state index in [0.29, 0.717) is 18.2 Å². The molecular weight excluding hydrogens is 252 g/mol. The van der Waals surface area contributed by atoms with Gasteiger partial charge in [-0.05, 0) is 6.42 Å². The summed E-state index contributed by atoms with van der Waals surface area (Å²) in [6, 6.07) is 0. The molecule has 0 bridgehead atoms. The Kier molecular flexibility index (Phi) is 7.49. The zero-order valence-corrected chi connectivity index (χ0v) is 11.9. The van der Waals surface area contributed by atoms with E-state index >= 15 is 0 Å². The smallest absolute Gasteiger partial charge is 0.261 e. The second-order valence-corrected chi connectivity index (χ2v) is 4.48. The van der Waals surface area contributed by atoms with E-state index in [9.17, 15) is 0 Å². The van der Waals surface area contributed by atoms with Gasteiger partial charge in [0.1, 0.15) is 6.33 Å². The standard InChI is InChI=1S/C13H21ClN2O2/c1-3-4-5-6-7-8-9-18-13-11(17-2)12(14)15-10-16-13/h10H,3-9H2,1-2H3. The molecule has 1 aromatic rings. The van der Waals surface area contributed by atoms with Crippen molar-refractivity contribution in [1.29, 1.82) is 0 Å². The van der Waals surface area contributed by atoms with Crippen molar-refractivity contribution in [2.75, 3.05) is 13.7 Å². The molecule has 0 atom stereocenters. The lowest BCUT2D eigenvalue weighted by Gasteiger charge is -2.09. The molecule has 0 aromatic carbocycles. The first-order valence-electron chi connectivity index (χ1n) is 6.46. The molecule has 4 nitrogen and oxygen atoms in total. The third-order valence-corrected chi connectivity index (χ3v) is 2.94. The Balaban J connectivity index is 2.25. The van der Waals surface area contributed by atoms with Gasteiger partial charge in [0.25, 0.3) is 5.88 Å². The van der Waals surface area contributed by atoms with Crippen LogP contribution in [0, 0.1) is 0 Å². The van der Waals surface area contributed by atoms with Crippen LogP contribution in [-0.2, 0) is 0 Å². The molecule has 0 N–H and O–H groups in total. The van der Waals surface area contributed by atoms with Crippen LogP contribution in [0.4, 0.5) is 0 Å². The number of unbranched alkanes of at least 4 members (excludes halogenated alkanes) is 5. The first-order valence-corrected chi connectivity index (χ1v) is 6.84. The highest BCUT2D eigenvalue weighted by atomic mass is 35.5. The number of nitrogens with zero attached hydrogens (tertiary/aromatic N) is 2. The van der Waals surface area contributed by atoms with E-state index in [-0.39, 0.29) is 5.15 Å². The van der Waals surface area contributed by atoms with Gasteiger partial charge < -0.3 is 9.47 Å². The Morgan fingerprint density at radius 2 is 1.83 bits per heavy atom. The molecule has 18 heavy (non-hydrogen) atoms. The van der Waals surface area contributed by atoms with Crippen LogP contribution < -0.4 is 9.47 Å². The molecular formula is C13H21ClN2O2. The van der Waals surface area contributed by atoms with Crippen LogP contribution in [0.15, 0.2) is 6.33 Å². The number of halogens is 1. The summed E-state index contributed by atoms with van der Waals surface area (Å²) in [5, 5.41) is 0.283. The lowest BCUT2D eigenvalue weighted by Crippen LogP contribution is -2.02. The topological polar surface area (TPSA) is 44.2 Å².